The minimum Gasteiger partial charge on any atom is -0.396 e. The van der Waals surface area contributed by atoms with E-state index in [9.17, 15) is 5.11 Å². The highest BCUT2D eigenvalue weighted by molar-refractivity contribution is 7.43. The summed E-state index contributed by atoms with van der Waals surface area (Å²) >= 11 is 0. The Hall–Kier alpha value is 0.420. The first-order valence-corrected chi connectivity index (χ1v) is 9.52. The summed E-state index contributed by atoms with van der Waals surface area (Å²) in [4.78, 5) is 0. The molecule has 0 aromatic rings. The van der Waals surface area contributed by atoms with Crippen molar-refractivity contribution in [2.45, 2.75) is 38.1 Å². The van der Waals surface area contributed by atoms with Crippen LogP contribution >= 0.6 is 17.2 Å². The molecule has 11 nitrogen and oxygen atoms in total. The highest BCUT2D eigenvalue weighted by Crippen LogP contribution is 2.84. The van der Waals surface area contributed by atoms with E-state index in [-0.39, 0.29) is 20.0 Å². The average Bonchev–Trinajstić information content (AvgIpc) is 2.52. The Morgan fingerprint density at radius 1 is 1.08 bits per heavy atom. The average molecular weight is 384 g/mol. The normalized spacial score (nSPS) is 60.4. The van der Waals surface area contributed by atoms with Crippen LogP contribution in [-0.2, 0) is 46.1 Å². The van der Waals surface area contributed by atoms with Gasteiger partial charge in [-0.3, -0.25) is 22.8 Å². The summed E-state index contributed by atoms with van der Waals surface area (Å²) in [5, 5.41) is 10.1. The number of hydrogen-bond acceptors (Lipinski definition) is 11. The Morgan fingerprint density at radius 2 is 1.88 bits per heavy atom. The second-order valence-corrected chi connectivity index (χ2v) is 8.88. The molecule has 8 aliphatic rings. The van der Waals surface area contributed by atoms with E-state index in [4.69, 9.17) is 46.1 Å². The predicted octanol–water partition coefficient (Wildman–Crippen LogP) is 0.938. The lowest BCUT2D eigenvalue weighted by Crippen LogP contribution is -2.89. The minimum absolute atomic E-state index is 0.0359. The first-order chi connectivity index (χ1) is 11.4. The topological polar surface area (TPSA) is 113 Å². The van der Waals surface area contributed by atoms with Gasteiger partial charge in [-0.2, -0.15) is 0 Å². The summed E-state index contributed by atoms with van der Waals surface area (Å²) in [6, 6.07) is 0. The molecule has 3 unspecified atom stereocenters. The molecule has 8 heterocycles. The van der Waals surface area contributed by atoms with E-state index in [1.807, 2.05) is 0 Å². The van der Waals surface area contributed by atoms with E-state index in [0.29, 0.717) is 0 Å². The van der Waals surface area contributed by atoms with Gasteiger partial charge in [-0.25, -0.2) is 13.8 Å². The third-order valence-electron chi connectivity index (χ3n) is 5.13. The van der Waals surface area contributed by atoms with Gasteiger partial charge in [0.1, 0.15) is 6.79 Å². The number of hydrogen-bond donors (Lipinski definition) is 1. The van der Waals surface area contributed by atoms with Gasteiger partial charge in [-0.05, 0) is 0 Å². The van der Waals surface area contributed by atoms with Crippen LogP contribution in [0.15, 0.2) is 0 Å². The lowest BCUT2D eigenvalue weighted by molar-refractivity contribution is -0.705. The largest absolute Gasteiger partial charge is 0.433 e. The monoisotopic (exact) mass is 384 g/mol. The van der Waals surface area contributed by atoms with Gasteiger partial charge < -0.3 is 14.6 Å². The summed E-state index contributed by atoms with van der Waals surface area (Å²) < 4.78 is 57.2. The maximum absolute atomic E-state index is 10.1. The third-order valence-corrected chi connectivity index (χ3v) is 7.42. The molecule has 0 aliphatic carbocycles. The first kappa shape index (κ1) is 15.5. The minimum atomic E-state index is -1.80. The Labute approximate surface area is 138 Å². The van der Waals surface area contributed by atoms with Crippen LogP contribution in [0.4, 0.5) is 0 Å². The lowest BCUT2D eigenvalue weighted by atomic mass is 9.64. The van der Waals surface area contributed by atoms with Gasteiger partial charge in [0.25, 0.3) is 0 Å². The molecule has 0 radical (unpaired) electrons. The van der Waals surface area contributed by atoms with Crippen molar-refractivity contribution < 1.29 is 51.2 Å². The maximum Gasteiger partial charge on any atom is 0.433 e. The fraction of sp³-hybridized carbons (Fsp3) is 1.00. The van der Waals surface area contributed by atoms with Gasteiger partial charge in [0.05, 0.1) is 13.2 Å². The van der Waals surface area contributed by atoms with Crippen LogP contribution in [0.5, 0.6) is 0 Å². The van der Waals surface area contributed by atoms with E-state index < -0.39 is 52.2 Å². The van der Waals surface area contributed by atoms with E-state index in [1.54, 1.807) is 13.8 Å². The van der Waals surface area contributed by atoms with Gasteiger partial charge >= 0.3 is 29.3 Å². The molecule has 8 rings (SSSR count). The van der Waals surface area contributed by atoms with E-state index >= 15 is 0 Å². The van der Waals surface area contributed by atoms with E-state index in [0.717, 1.165) is 0 Å². The number of rotatable bonds is 2. The zero-order valence-corrected chi connectivity index (χ0v) is 14.4. The molecule has 0 amide bonds. The molecule has 8 saturated heterocycles. The van der Waals surface area contributed by atoms with E-state index in [2.05, 4.69) is 0 Å². The zero-order valence-electron chi connectivity index (χ0n) is 12.6. The number of aliphatic hydroxyl groups is 1. The van der Waals surface area contributed by atoms with Crippen LogP contribution in [0.3, 0.4) is 0 Å². The summed E-state index contributed by atoms with van der Waals surface area (Å²) in [6.45, 7) is 3.36. The highest BCUT2D eigenvalue weighted by atomic mass is 31.2. The molecule has 8 fully saturated rings. The molecule has 3 spiro atoms. The fourth-order valence-corrected chi connectivity index (χ4v) is 6.42. The van der Waals surface area contributed by atoms with Crippen molar-refractivity contribution in [1.29, 1.82) is 0 Å². The molecule has 1 N–H and O–H groups in total. The summed E-state index contributed by atoms with van der Waals surface area (Å²) in [5.74, 6) is -3.16. The SMILES string of the molecule is CC(C)(CO)C12OP3OC(O3)(OC34OP(OC5OCOCC531)O4)O2. The van der Waals surface area contributed by atoms with Gasteiger partial charge in [0, 0.05) is 5.41 Å². The molecule has 5 bridgehead atoms. The van der Waals surface area contributed by atoms with Crippen molar-refractivity contribution >= 4 is 17.2 Å². The van der Waals surface area contributed by atoms with Gasteiger partial charge in [0.2, 0.25) is 5.79 Å². The van der Waals surface area contributed by atoms with Crippen molar-refractivity contribution in [3.05, 3.63) is 0 Å². The lowest BCUT2D eigenvalue weighted by Gasteiger charge is -2.75. The van der Waals surface area contributed by atoms with Crippen LogP contribution in [-0.4, -0.2) is 49.3 Å². The molecule has 8 aliphatic heterocycles. The first-order valence-electron chi connectivity index (χ1n) is 7.33. The maximum atomic E-state index is 10.1. The van der Waals surface area contributed by atoms with Crippen LogP contribution < -0.4 is 0 Å². The van der Waals surface area contributed by atoms with Crippen LogP contribution in [0, 0.1) is 10.8 Å². The van der Waals surface area contributed by atoms with Crippen molar-refractivity contribution in [2.75, 3.05) is 20.0 Å². The van der Waals surface area contributed by atoms with Gasteiger partial charge in [-0.15, -0.1) is 0 Å². The summed E-state index contributed by atoms with van der Waals surface area (Å²) in [6.07, 6.45) is -2.63. The molecule has 3 atom stereocenters. The molecular weight excluding hydrogens is 370 g/mol. The molecule has 0 saturated carbocycles. The fourth-order valence-electron chi connectivity index (χ4n) is 3.87. The second-order valence-electron chi connectivity index (χ2n) is 6.86. The zero-order chi connectivity index (χ0) is 16.4. The third kappa shape index (κ3) is 1.41. The Kier molecular flexibility index (Phi) is 2.76. The van der Waals surface area contributed by atoms with Crippen molar-refractivity contribution in [1.82, 2.24) is 0 Å². The van der Waals surface area contributed by atoms with Crippen molar-refractivity contribution in [3.63, 3.8) is 0 Å². The van der Waals surface area contributed by atoms with Crippen molar-refractivity contribution in [3.8, 4) is 0 Å². The highest BCUT2D eigenvalue weighted by Gasteiger charge is 2.94. The predicted molar refractivity (Wildman–Crippen MR) is 69.7 cm³/mol. The molecule has 24 heavy (non-hydrogen) atoms. The van der Waals surface area contributed by atoms with Crippen LogP contribution in [0.2, 0.25) is 0 Å². The van der Waals surface area contributed by atoms with Crippen LogP contribution in [0.1, 0.15) is 13.8 Å². The summed E-state index contributed by atoms with van der Waals surface area (Å²) in [7, 11) is -3.34. The smallest absolute Gasteiger partial charge is 0.396 e. The quantitative estimate of drug-likeness (QED) is 0.686. The second kappa shape index (κ2) is 4.28. The molecule has 0 aromatic carbocycles. The Bertz CT molecular complexity index is 605. The summed E-state index contributed by atoms with van der Waals surface area (Å²) in [5.41, 5.74) is -2.25. The van der Waals surface area contributed by atoms with Gasteiger partial charge in [0.15, 0.2) is 11.7 Å². The van der Waals surface area contributed by atoms with Gasteiger partial charge in [-0.1, -0.05) is 13.8 Å². The van der Waals surface area contributed by atoms with Crippen LogP contribution in [0.25, 0.3) is 0 Å². The molecule has 134 valence electrons. The number of aliphatic hydroxyl groups excluding tert-OH is 1. The van der Waals surface area contributed by atoms with E-state index in [1.165, 1.54) is 0 Å². The molecule has 13 heteroatoms. The Morgan fingerprint density at radius 3 is 2.62 bits per heavy atom. The van der Waals surface area contributed by atoms with Crippen molar-refractivity contribution in [2.24, 2.45) is 10.8 Å². The number of ether oxygens (including phenoxy) is 4. The molecule has 0 aromatic heterocycles. The standard InChI is InChI=1S/C11H14O11P2/c1-7(2,3-12)9-8-4-13-5-14-6(8)15-23-19-10(8,20-23)17-11(16-9)21-24(18-9)22-11/h6,12H,3-5H2,1-2H3. The Balaban J connectivity index is 1.60. The molecular formula is C11H14O11P2.